The van der Waals surface area contributed by atoms with Gasteiger partial charge in [-0.25, -0.2) is 4.79 Å². The minimum absolute atomic E-state index is 0.00983. The van der Waals surface area contributed by atoms with E-state index in [1.165, 1.54) is 28.4 Å². The van der Waals surface area contributed by atoms with Crippen molar-refractivity contribution in [3.8, 4) is 0 Å². The second-order valence-electron chi connectivity index (χ2n) is 6.39. The highest BCUT2D eigenvalue weighted by Crippen LogP contribution is 2.41. The van der Waals surface area contributed by atoms with E-state index in [2.05, 4.69) is 10.1 Å². The van der Waals surface area contributed by atoms with Gasteiger partial charge in [0.1, 0.15) is 17.1 Å². The molecule has 0 spiro atoms. The maximum absolute atomic E-state index is 12.5. The summed E-state index contributed by atoms with van der Waals surface area (Å²) in [6.07, 6.45) is 0.0643. The smallest absolute Gasteiger partial charge is 0.352 e. The number of fused-ring (bicyclic) bond motifs is 1. The van der Waals surface area contributed by atoms with Gasteiger partial charge in [0.15, 0.2) is 6.23 Å². The first-order chi connectivity index (χ1) is 13.3. The summed E-state index contributed by atoms with van der Waals surface area (Å²) in [5.74, 6) is -1.04. The predicted molar refractivity (Wildman–Crippen MR) is 105 cm³/mol. The third kappa shape index (κ3) is 5.40. The molecular formula is C16H24N4O6S2. The van der Waals surface area contributed by atoms with E-state index in [9.17, 15) is 24.3 Å². The van der Waals surface area contributed by atoms with E-state index in [1.807, 2.05) is 6.92 Å². The second-order valence-corrected chi connectivity index (χ2v) is 8.86. The summed E-state index contributed by atoms with van der Waals surface area (Å²) in [7, 11) is 0. The molecule has 0 radical (unpaired) electrons. The Balaban J connectivity index is 1.93. The Morgan fingerprint density at radius 3 is 2.82 bits per heavy atom. The van der Waals surface area contributed by atoms with Crippen LogP contribution < -0.4 is 16.8 Å². The molecule has 0 aromatic carbocycles. The molecule has 0 bridgehead atoms. The number of thioether (sulfide) groups is 2. The second kappa shape index (κ2) is 10.1. The maximum atomic E-state index is 12.5. The predicted octanol–water partition coefficient (Wildman–Crippen LogP) is -0.609. The van der Waals surface area contributed by atoms with Gasteiger partial charge in [0.05, 0.1) is 0 Å². The molecule has 1 saturated heterocycles. The maximum Gasteiger partial charge on any atom is 0.352 e. The lowest BCUT2D eigenvalue weighted by atomic mass is 10.0. The number of nitrogens with zero attached hydrogens (tertiary/aromatic N) is 1. The monoisotopic (exact) mass is 432 g/mol. The number of ether oxygens (including phenoxy) is 1. The van der Waals surface area contributed by atoms with Crippen molar-refractivity contribution in [2.45, 2.75) is 49.2 Å². The van der Waals surface area contributed by atoms with Crippen LogP contribution in [0.25, 0.3) is 0 Å². The van der Waals surface area contributed by atoms with E-state index >= 15 is 0 Å². The van der Waals surface area contributed by atoms with E-state index in [1.54, 1.807) is 0 Å². The Kier molecular flexibility index (Phi) is 8.16. The summed E-state index contributed by atoms with van der Waals surface area (Å²) in [6, 6.07) is -0.755. The van der Waals surface area contributed by atoms with Crippen molar-refractivity contribution in [2.75, 3.05) is 11.5 Å². The fourth-order valence-electron chi connectivity index (χ4n) is 2.88. The quantitative estimate of drug-likeness (QED) is 0.188. The van der Waals surface area contributed by atoms with Crippen molar-refractivity contribution in [2.24, 2.45) is 11.5 Å². The van der Waals surface area contributed by atoms with E-state index in [0.29, 0.717) is 29.9 Å². The number of rotatable bonds is 11. The van der Waals surface area contributed by atoms with Crippen molar-refractivity contribution in [1.82, 2.24) is 10.2 Å². The number of carboxylic acid groups (broad SMARTS) is 1. The molecule has 0 saturated carbocycles. The molecule has 4 unspecified atom stereocenters. The number of nitrogens with one attached hydrogen (secondary N) is 1. The Morgan fingerprint density at radius 1 is 1.50 bits per heavy atom. The fourth-order valence-corrected chi connectivity index (χ4v) is 5.05. The Labute approximate surface area is 170 Å². The van der Waals surface area contributed by atoms with Gasteiger partial charge in [0, 0.05) is 23.3 Å². The minimum Gasteiger partial charge on any atom is -0.477 e. The number of hydrogen-bond acceptors (Lipinski definition) is 9. The van der Waals surface area contributed by atoms with Crippen molar-refractivity contribution < 1.29 is 29.0 Å². The fraction of sp³-hybridized carbons (Fsp3) is 0.625. The summed E-state index contributed by atoms with van der Waals surface area (Å²) < 4.78 is 4.53. The molecule has 0 aromatic rings. The van der Waals surface area contributed by atoms with Crippen LogP contribution in [-0.4, -0.2) is 68.8 Å². The van der Waals surface area contributed by atoms with Crippen LogP contribution >= 0.6 is 23.5 Å². The van der Waals surface area contributed by atoms with Gasteiger partial charge in [0.25, 0.3) is 12.4 Å². The van der Waals surface area contributed by atoms with E-state index in [-0.39, 0.29) is 29.9 Å². The molecule has 156 valence electrons. The van der Waals surface area contributed by atoms with Crippen molar-refractivity contribution in [3.63, 3.8) is 0 Å². The van der Waals surface area contributed by atoms with Crippen LogP contribution in [0.3, 0.4) is 0 Å². The molecule has 0 aromatic heterocycles. The van der Waals surface area contributed by atoms with Crippen molar-refractivity contribution in [3.05, 3.63) is 11.3 Å². The highest BCUT2D eigenvalue weighted by Gasteiger charge is 2.54. The standard InChI is InChI=1S/C16H24N4O6S2/c1-8(17)27-5-9-6-28-15-12(14(23)20(15)13(9)16(24)25)19-11(22)4-2-3-10(18)26-7-21/h7-8,10,12,15H,2-6,17-18H2,1H3,(H,19,22)(H,24,25). The number of carboxylic acids is 1. The summed E-state index contributed by atoms with van der Waals surface area (Å²) in [5, 5.41) is 11.6. The number of aliphatic carboxylic acids is 1. The zero-order valence-corrected chi connectivity index (χ0v) is 17.0. The van der Waals surface area contributed by atoms with Crippen LogP contribution in [0.15, 0.2) is 11.3 Å². The number of hydrogen-bond donors (Lipinski definition) is 4. The van der Waals surface area contributed by atoms with Gasteiger partial charge >= 0.3 is 5.97 Å². The van der Waals surface area contributed by atoms with Gasteiger partial charge in [0.2, 0.25) is 5.91 Å². The van der Waals surface area contributed by atoms with Gasteiger partial charge < -0.3 is 20.9 Å². The van der Waals surface area contributed by atoms with Crippen LogP contribution in [0.1, 0.15) is 26.2 Å². The third-order valence-corrected chi connectivity index (χ3v) is 6.59. The highest BCUT2D eigenvalue weighted by molar-refractivity contribution is 8.01. The molecule has 1 fully saturated rings. The molecule has 10 nitrogen and oxygen atoms in total. The molecule has 2 heterocycles. The first kappa shape index (κ1) is 22.5. The van der Waals surface area contributed by atoms with Gasteiger partial charge in [-0.1, -0.05) is 0 Å². The minimum atomic E-state index is -1.16. The molecule has 0 aliphatic carbocycles. The number of nitrogens with two attached hydrogens (primary N) is 2. The summed E-state index contributed by atoms with van der Waals surface area (Å²) >= 11 is 2.83. The molecule has 28 heavy (non-hydrogen) atoms. The van der Waals surface area contributed by atoms with Gasteiger partial charge in [-0.05, 0) is 25.3 Å². The largest absolute Gasteiger partial charge is 0.477 e. The summed E-state index contributed by atoms with van der Waals surface area (Å²) in [4.78, 5) is 47.7. The Bertz CT molecular complexity index is 672. The SMILES string of the molecule is CC(N)SCC1=C(C(=O)O)N2C(=O)C(NC(=O)CCCC(N)OC=O)C2SC1. The molecular weight excluding hydrogens is 408 g/mol. The first-order valence-corrected chi connectivity index (χ1v) is 10.8. The van der Waals surface area contributed by atoms with Gasteiger partial charge in [-0.3, -0.25) is 25.0 Å². The first-order valence-electron chi connectivity index (χ1n) is 8.67. The molecule has 6 N–H and O–H groups in total. The molecule has 4 atom stereocenters. The number of carbonyl (C=O) groups is 4. The van der Waals surface area contributed by atoms with Crippen LogP contribution in [-0.2, 0) is 23.9 Å². The van der Waals surface area contributed by atoms with Crippen LogP contribution in [0, 0.1) is 0 Å². The Morgan fingerprint density at radius 2 is 2.21 bits per heavy atom. The summed E-state index contributed by atoms with van der Waals surface area (Å²) in [6.45, 7) is 2.06. The molecule has 2 aliphatic heterocycles. The lowest BCUT2D eigenvalue weighted by molar-refractivity contribution is -0.150. The normalized spacial score (nSPS) is 23.4. The van der Waals surface area contributed by atoms with Crippen LogP contribution in [0.5, 0.6) is 0 Å². The van der Waals surface area contributed by atoms with Crippen molar-refractivity contribution >= 4 is 47.8 Å². The van der Waals surface area contributed by atoms with E-state index < -0.39 is 29.5 Å². The number of carbonyl (C=O) groups excluding carboxylic acids is 3. The van der Waals surface area contributed by atoms with E-state index in [0.717, 1.165) is 0 Å². The molecule has 2 aliphatic rings. The van der Waals surface area contributed by atoms with Gasteiger partial charge in [-0.2, -0.15) is 0 Å². The topological polar surface area (TPSA) is 165 Å². The van der Waals surface area contributed by atoms with Gasteiger partial charge in [-0.15, -0.1) is 23.5 Å². The summed E-state index contributed by atoms with van der Waals surface area (Å²) in [5.41, 5.74) is 11.9. The zero-order chi connectivity index (χ0) is 20.8. The Hall–Kier alpha value is -1.76. The third-order valence-electron chi connectivity index (χ3n) is 4.21. The lowest BCUT2D eigenvalue weighted by Gasteiger charge is -2.49. The zero-order valence-electron chi connectivity index (χ0n) is 15.3. The molecule has 2 amide bonds. The number of amides is 2. The lowest BCUT2D eigenvalue weighted by Crippen LogP contribution is -2.70. The number of β-lactam (4-membered cyclic amide) rings is 1. The average Bonchev–Trinajstić information content (AvgIpc) is 2.63. The molecule has 12 heteroatoms. The van der Waals surface area contributed by atoms with Crippen LogP contribution in [0.2, 0.25) is 0 Å². The highest BCUT2D eigenvalue weighted by atomic mass is 32.2. The van der Waals surface area contributed by atoms with Crippen molar-refractivity contribution in [1.29, 1.82) is 0 Å². The van der Waals surface area contributed by atoms with Crippen LogP contribution in [0.4, 0.5) is 0 Å². The average molecular weight is 433 g/mol. The van der Waals surface area contributed by atoms with E-state index in [4.69, 9.17) is 11.5 Å². The molecule has 2 rings (SSSR count).